The Morgan fingerprint density at radius 1 is 1.11 bits per heavy atom. The van der Waals surface area contributed by atoms with Crippen LogP contribution < -0.4 is 5.32 Å². The fraction of sp³-hybridized carbons (Fsp3) is 0.333. The molecule has 0 spiro atoms. The minimum Gasteiger partial charge on any atom is -0.508 e. The number of para-hydroxylation sites is 1. The smallest absolute Gasteiger partial charge is 0.313 e. The predicted molar refractivity (Wildman–Crippen MR) is 112 cm³/mol. The van der Waals surface area contributed by atoms with Crippen LogP contribution in [0.1, 0.15) is 30.4 Å². The first-order valence-corrected chi connectivity index (χ1v) is 8.82. The Balaban J connectivity index is 0.00000392. The van der Waals surface area contributed by atoms with E-state index in [1.807, 2.05) is 31.1 Å². The summed E-state index contributed by atoms with van der Waals surface area (Å²) in [4.78, 5) is 25.9. The highest BCUT2D eigenvalue weighted by molar-refractivity contribution is 5.88. The molecule has 0 aliphatic rings. The van der Waals surface area contributed by atoms with E-state index in [2.05, 4.69) is 5.32 Å². The van der Waals surface area contributed by atoms with Gasteiger partial charge in [0.1, 0.15) is 12.4 Å². The second-order valence-corrected chi connectivity index (χ2v) is 6.68. The molecule has 1 amide bonds. The van der Waals surface area contributed by atoms with E-state index in [-0.39, 0.29) is 36.6 Å². The summed E-state index contributed by atoms with van der Waals surface area (Å²) in [5, 5.41) is 12.5. The lowest BCUT2D eigenvalue weighted by molar-refractivity contribution is -0.147. The highest BCUT2D eigenvalue weighted by Crippen LogP contribution is 2.25. The van der Waals surface area contributed by atoms with Crippen LogP contribution in [0.2, 0.25) is 0 Å². The van der Waals surface area contributed by atoms with Gasteiger partial charge in [-0.1, -0.05) is 30.3 Å². The van der Waals surface area contributed by atoms with E-state index in [0.717, 1.165) is 12.1 Å². The average molecular weight is 407 g/mol. The van der Waals surface area contributed by atoms with Crippen LogP contribution in [-0.4, -0.2) is 42.5 Å². The second kappa shape index (κ2) is 11.3. The van der Waals surface area contributed by atoms with Gasteiger partial charge in [-0.25, -0.2) is 0 Å². The van der Waals surface area contributed by atoms with Crippen molar-refractivity contribution in [2.24, 2.45) is 0 Å². The topological polar surface area (TPSA) is 78.9 Å². The van der Waals surface area contributed by atoms with Crippen LogP contribution in [0.4, 0.5) is 5.69 Å². The van der Waals surface area contributed by atoms with Crippen LogP contribution in [0.15, 0.2) is 48.5 Å². The van der Waals surface area contributed by atoms with Crippen LogP contribution in [0.25, 0.3) is 0 Å². The minimum atomic E-state index is -0.426. The fourth-order valence-corrected chi connectivity index (χ4v) is 2.69. The normalized spacial score (nSPS) is 11.4. The van der Waals surface area contributed by atoms with Gasteiger partial charge in [0, 0.05) is 18.2 Å². The van der Waals surface area contributed by atoms with Crippen molar-refractivity contribution < 1.29 is 19.4 Å². The number of nitrogens with one attached hydrogen (secondary N) is 1. The summed E-state index contributed by atoms with van der Waals surface area (Å²) in [5.74, 6) is -0.805. The number of anilines is 1. The molecule has 2 aromatic carbocycles. The van der Waals surface area contributed by atoms with E-state index in [9.17, 15) is 14.7 Å². The maximum atomic E-state index is 12.7. The predicted octanol–water partition coefficient (Wildman–Crippen LogP) is 3.55. The standard InChI is InChI=1S/C21H26N2O4.ClH/c1-15(24)22-18-10-8-16(9-11-18)19(12-13-23(2)3)21(26)27-14-17-6-4-5-7-20(17)25;/h4-11,19,25H,12-14H2,1-3H3,(H,22,24);1H. The number of ether oxygens (including phenoxy) is 1. The lowest BCUT2D eigenvalue weighted by Gasteiger charge is -2.19. The Bertz CT molecular complexity index is 778. The molecular formula is C21H27ClN2O4. The monoisotopic (exact) mass is 406 g/mol. The molecule has 0 heterocycles. The number of rotatable bonds is 8. The van der Waals surface area contributed by atoms with Crippen molar-refractivity contribution in [2.75, 3.05) is 26.0 Å². The van der Waals surface area contributed by atoms with Gasteiger partial charge in [0.15, 0.2) is 0 Å². The number of nitrogens with zero attached hydrogens (tertiary/aromatic N) is 1. The van der Waals surface area contributed by atoms with E-state index in [0.29, 0.717) is 17.7 Å². The fourth-order valence-electron chi connectivity index (χ4n) is 2.69. The first-order valence-electron chi connectivity index (χ1n) is 8.82. The summed E-state index contributed by atoms with van der Waals surface area (Å²) < 4.78 is 5.47. The maximum absolute atomic E-state index is 12.7. The molecule has 0 aliphatic heterocycles. The number of aromatic hydroxyl groups is 1. The molecule has 2 N–H and O–H groups in total. The van der Waals surface area contributed by atoms with E-state index >= 15 is 0 Å². The molecular weight excluding hydrogens is 380 g/mol. The van der Waals surface area contributed by atoms with Crippen LogP contribution in [0, 0.1) is 0 Å². The molecule has 1 atom stereocenters. The molecule has 0 aliphatic carbocycles. The number of phenolic OH excluding ortho intramolecular Hbond substituents is 1. The zero-order chi connectivity index (χ0) is 19.8. The Morgan fingerprint density at radius 2 is 1.75 bits per heavy atom. The minimum absolute atomic E-state index is 0. The quantitative estimate of drug-likeness (QED) is 0.655. The number of benzene rings is 2. The first kappa shape index (κ1) is 23.5. The summed E-state index contributed by atoms with van der Waals surface area (Å²) in [6.45, 7) is 2.20. The molecule has 1 unspecified atom stereocenters. The third-order valence-electron chi connectivity index (χ3n) is 4.14. The van der Waals surface area contributed by atoms with E-state index in [4.69, 9.17) is 4.74 Å². The maximum Gasteiger partial charge on any atom is 0.313 e. The molecule has 7 heteroatoms. The molecule has 28 heavy (non-hydrogen) atoms. The SMILES string of the molecule is CC(=O)Nc1ccc(C(CCN(C)C)C(=O)OCc2ccccc2O)cc1.Cl. The highest BCUT2D eigenvalue weighted by atomic mass is 35.5. The summed E-state index contributed by atoms with van der Waals surface area (Å²) in [6, 6.07) is 14.0. The van der Waals surface area contributed by atoms with Crippen LogP contribution in [-0.2, 0) is 20.9 Å². The van der Waals surface area contributed by atoms with Gasteiger partial charge in [-0.2, -0.15) is 0 Å². The lowest BCUT2D eigenvalue weighted by atomic mass is 9.95. The Morgan fingerprint density at radius 3 is 2.32 bits per heavy atom. The van der Waals surface area contributed by atoms with Crippen LogP contribution in [0.3, 0.4) is 0 Å². The average Bonchev–Trinajstić information content (AvgIpc) is 2.62. The van der Waals surface area contributed by atoms with Crippen molar-refractivity contribution in [1.82, 2.24) is 4.90 Å². The van der Waals surface area contributed by atoms with Crippen LogP contribution >= 0.6 is 12.4 Å². The molecule has 152 valence electrons. The van der Waals surface area contributed by atoms with Crippen molar-refractivity contribution >= 4 is 30.0 Å². The van der Waals surface area contributed by atoms with Gasteiger partial charge >= 0.3 is 5.97 Å². The summed E-state index contributed by atoms with van der Waals surface area (Å²) in [6.07, 6.45) is 0.603. The Kier molecular flexibility index (Phi) is 9.48. The van der Waals surface area contributed by atoms with Crippen molar-refractivity contribution in [1.29, 1.82) is 0 Å². The number of hydrogen-bond donors (Lipinski definition) is 2. The highest BCUT2D eigenvalue weighted by Gasteiger charge is 2.23. The van der Waals surface area contributed by atoms with Crippen molar-refractivity contribution in [2.45, 2.75) is 25.9 Å². The zero-order valence-electron chi connectivity index (χ0n) is 16.3. The number of amides is 1. The second-order valence-electron chi connectivity index (χ2n) is 6.68. The van der Waals surface area contributed by atoms with Gasteiger partial charge < -0.3 is 20.1 Å². The van der Waals surface area contributed by atoms with Crippen molar-refractivity contribution in [3.8, 4) is 5.75 Å². The molecule has 6 nitrogen and oxygen atoms in total. The molecule has 0 saturated heterocycles. The van der Waals surface area contributed by atoms with Gasteiger partial charge in [-0.15, -0.1) is 12.4 Å². The van der Waals surface area contributed by atoms with E-state index < -0.39 is 5.92 Å². The van der Waals surface area contributed by atoms with Gasteiger partial charge in [0.2, 0.25) is 5.91 Å². The molecule has 2 aromatic rings. The van der Waals surface area contributed by atoms with Crippen molar-refractivity contribution in [3.63, 3.8) is 0 Å². The van der Waals surface area contributed by atoms with E-state index in [1.54, 1.807) is 36.4 Å². The van der Waals surface area contributed by atoms with E-state index in [1.165, 1.54) is 6.92 Å². The van der Waals surface area contributed by atoms with Gasteiger partial charge in [0.05, 0.1) is 5.92 Å². The Labute approximate surface area is 171 Å². The largest absolute Gasteiger partial charge is 0.508 e. The van der Waals surface area contributed by atoms with Gasteiger partial charge in [-0.3, -0.25) is 9.59 Å². The summed E-state index contributed by atoms with van der Waals surface area (Å²) >= 11 is 0. The third-order valence-corrected chi connectivity index (χ3v) is 4.14. The van der Waals surface area contributed by atoms with Gasteiger partial charge in [-0.05, 0) is 50.8 Å². The number of esters is 1. The number of hydrogen-bond acceptors (Lipinski definition) is 5. The molecule has 0 saturated carbocycles. The number of phenols is 1. The third kappa shape index (κ3) is 7.21. The molecule has 2 rings (SSSR count). The summed E-state index contributed by atoms with van der Waals surface area (Å²) in [7, 11) is 3.90. The zero-order valence-corrected chi connectivity index (χ0v) is 17.2. The molecule has 0 radical (unpaired) electrons. The van der Waals surface area contributed by atoms with Gasteiger partial charge in [0.25, 0.3) is 0 Å². The number of halogens is 1. The molecule has 0 aromatic heterocycles. The Hall–Kier alpha value is -2.57. The summed E-state index contributed by atoms with van der Waals surface area (Å²) in [5.41, 5.74) is 2.08. The van der Waals surface area contributed by atoms with Crippen molar-refractivity contribution in [3.05, 3.63) is 59.7 Å². The first-order chi connectivity index (χ1) is 12.9. The number of carbonyl (C=O) groups is 2. The molecule has 0 fully saturated rings. The molecule has 0 bridgehead atoms. The lowest BCUT2D eigenvalue weighted by Crippen LogP contribution is -2.22. The van der Waals surface area contributed by atoms with Crippen LogP contribution in [0.5, 0.6) is 5.75 Å². The number of carbonyl (C=O) groups excluding carboxylic acids is 2.